The fourth-order valence-corrected chi connectivity index (χ4v) is 2.94. The number of nitrogens with one attached hydrogen (secondary N) is 1. The van der Waals surface area contributed by atoms with E-state index in [1.54, 1.807) is 48.5 Å². The van der Waals surface area contributed by atoms with Crippen molar-refractivity contribution in [2.24, 2.45) is 0 Å². The summed E-state index contributed by atoms with van der Waals surface area (Å²) >= 11 is 0. The van der Waals surface area contributed by atoms with Gasteiger partial charge in [0.2, 0.25) is 0 Å². The second kappa shape index (κ2) is 10.9. The summed E-state index contributed by atoms with van der Waals surface area (Å²) in [5.74, 6) is -1.03. The minimum atomic E-state index is -0.300. The van der Waals surface area contributed by atoms with Gasteiger partial charge in [-0.05, 0) is 37.1 Å². The zero-order chi connectivity index (χ0) is 20.1. The van der Waals surface area contributed by atoms with Crippen molar-refractivity contribution in [1.29, 1.82) is 0 Å². The third kappa shape index (κ3) is 5.47. The summed E-state index contributed by atoms with van der Waals surface area (Å²) < 4.78 is 4.94. The normalized spacial score (nSPS) is 16.0. The van der Waals surface area contributed by atoms with Crippen molar-refractivity contribution >= 4 is 75.0 Å². The van der Waals surface area contributed by atoms with Crippen molar-refractivity contribution in [1.82, 2.24) is 10.2 Å². The molecular weight excluding hydrogens is 399 g/mol. The van der Waals surface area contributed by atoms with Gasteiger partial charge in [0, 0.05) is 20.3 Å². The molecule has 0 bridgehead atoms. The molecule has 3 heterocycles. The van der Waals surface area contributed by atoms with Crippen LogP contribution in [0.4, 0.5) is 0 Å². The molecule has 5 rings (SSSR count). The first-order valence-corrected chi connectivity index (χ1v) is 8.94. The number of hydrogen-bond acceptors (Lipinski definition) is 5. The molecule has 0 unspecified atom stereocenters. The molecule has 3 aliphatic rings. The maximum absolute atomic E-state index is 11.3. The molecule has 3 aliphatic heterocycles. The number of nitrogens with zero attached hydrogens (tertiary/aromatic N) is 1. The molecule has 0 spiro atoms. The zero-order valence-corrected chi connectivity index (χ0v) is 15.4. The van der Waals surface area contributed by atoms with Crippen LogP contribution in [-0.4, -0.2) is 100 Å². The van der Waals surface area contributed by atoms with E-state index in [4.69, 9.17) is 4.74 Å². The number of carbonyl (C=O) groups excluding carboxylic acids is 4. The van der Waals surface area contributed by atoms with E-state index in [9.17, 15) is 19.2 Å². The third-order valence-electron chi connectivity index (χ3n) is 4.47. The van der Waals surface area contributed by atoms with Crippen LogP contribution in [0.5, 0.6) is 0 Å². The summed E-state index contributed by atoms with van der Waals surface area (Å²) in [5.41, 5.74) is 1.95. The first kappa shape index (κ1) is 23.6. The summed E-state index contributed by atoms with van der Waals surface area (Å²) in [6, 6.07) is 13.6. The van der Waals surface area contributed by atoms with E-state index >= 15 is 0 Å². The van der Waals surface area contributed by atoms with Gasteiger partial charge in [-0.1, -0.05) is 24.3 Å². The molecule has 1 fully saturated rings. The molecule has 0 atom stereocenters. The van der Waals surface area contributed by atoms with Crippen LogP contribution >= 0.6 is 0 Å². The van der Waals surface area contributed by atoms with Gasteiger partial charge in [0.05, 0.1) is 22.3 Å². The Morgan fingerprint density at radius 1 is 0.724 bits per heavy atom. The van der Waals surface area contributed by atoms with Crippen LogP contribution in [0.2, 0.25) is 0 Å². The SMILES string of the molecule is C1CCOC1.CN1C(=O)c2ccccc2C1=O.O=C1NC(=O)c2ccccc21.[KH]. The third-order valence-corrected chi connectivity index (χ3v) is 4.47. The van der Waals surface area contributed by atoms with E-state index < -0.39 is 0 Å². The van der Waals surface area contributed by atoms with Crippen molar-refractivity contribution in [3.05, 3.63) is 70.8 Å². The second-order valence-electron chi connectivity index (χ2n) is 6.36. The number of fused-ring (bicyclic) bond motifs is 2. The Morgan fingerprint density at radius 2 is 1.10 bits per heavy atom. The van der Waals surface area contributed by atoms with E-state index in [-0.39, 0.29) is 75.0 Å². The molecular formula is C21H21KN2O5. The summed E-state index contributed by atoms with van der Waals surface area (Å²) in [4.78, 5) is 45.6. The summed E-state index contributed by atoms with van der Waals surface area (Å²) in [6.07, 6.45) is 2.56. The van der Waals surface area contributed by atoms with Crippen molar-refractivity contribution in [2.75, 3.05) is 20.3 Å². The maximum atomic E-state index is 11.3. The van der Waals surface area contributed by atoms with Crippen LogP contribution in [0.15, 0.2) is 48.5 Å². The van der Waals surface area contributed by atoms with Crippen LogP contribution in [-0.2, 0) is 4.74 Å². The molecule has 0 saturated carbocycles. The molecule has 1 saturated heterocycles. The molecule has 2 aromatic carbocycles. The van der Waals surface area contributed by atoms with Crippen LogP contribution < -0.4 is 5.32 Å². The van der Waals surface area contributed by atoms with E-state index in [1.165, 1.54) is 19.9 Å². The Bertz CT molecular complexity index is 865. The van der Waals surface area contributed by atoms with Gasteiger partial charge in [-0.2, -0.15) is 0 Å². The van der Waals surface area contributed by atoms with Crippen molar-refractivity contribution in [3.8, 4) is 0 Å². The number of ether oxygens (including phenoxy) is 1. The van der Waals surface area contributed by atoms with Gasteiger partial charge in [-0.3, -0.25) is 29.4 Å². The van der Waals surface area contributed by atoms with Gasteiger partial charge in [-0.15, -0.1) is 0 Å². The van der Waals surface area contributed by atoms with Gasteiger partial charge in [-0.25, -0.2) is 0 Å². The Morgan fingerprint density at radius 3 is 1.45 bits per heavy atom. The van der Waals surface area contributed by atoms with Crippen LogP contribution in [0, 0.1) is 0 Å². The van der Waals surface area contributed by atoms with Crippen LogP contribution in [0.3, 0.4) is 0 Å². The molecule has 1 N–H and O–H groups in total. The van der Waals surface area contributed by atoms with Gasteiger partial charge in [0.1, 0.15) is 0 Å². The van der Waals surface area contributed by atoms with Crippen LogP contribution in [0.25, 0.3) is 0 Å². The van der Waals surface area contributed by atoms with E-state index in [2.05, 4.69) is 5.32 Å². The Hall–Kier alpha value is -1.68. The molecule has 0 radical (unpaired) electrons. The number of benzene rings is 2. The topological polar surface area (TPSA) is 92.8 Å². The minimum absolute atomic E-state index is 0. The number of carbonyl (C=O) groups is 4. The molecule has 8 heteroatoms. The summed E-state index contributed by atoms with van der Waals surface area (Å²) in [7, 11) is 1.49. The number of imide groups is 2. The van der Waals surface area contributed by atoms with Gasteiger partial charge in [0.25, 0.3) is 23.6 Å². The quantitative estimate of drug-likeness (QED) is 0.517. The molecule has 7 nitrogen and oxygen atoms in total. The van der Waals surface area contributed by atoms with E-state index in [0.29, 0.717) is 22.3 Å². The molecule has 146 valence electrons. The Kier molecular flexibility index (Phi) is 8.88. The molecule has 29 heavy (non-hydrogen) atoms. The fraction of sp³-hybridized carbons (Fsp3) is 0.238. The number of amides is 4. The van der Waals surface area contributed by atoms with Gasteiger partial charge in [0.15, 0.2) is 0 Å². The number of rotatable bonds is 0. The summed E-state index contributed by atoms with van der Waals surface area (Å²) in [5, 5.41) is 2.20. The average Bonchev–Trinajstić information content (AvgIpc) is 3.44. The fourth-order valence-electron chi connectivity index (χ4n) is 2.94. The molecule has 0 aliphatic carbocycles. The van der Waals surface area contributed by atoms with Crippen molar-refractivity contribution < 1.29 is 23.9 Å². The number of hydrogen-bond donors (Lipinski definition) is 1. The predicted molar refractivity (Wildman–Crippen MR) is 108 cm³/mol. The van der Waals surface area contributed by atoms with E-state index in [0.717, 1.165) is 18.1 Å². The average molecular weight is 421 g/mol. The predicted octanol–water partition coefficient (Wildman–Crippen LogP) is 1.63. The molecule has 2 aromatic rings. The Labute approximate surface area is 211 Å². The van der Waals surface area contributed by atoms with Crippen molar-refractivity contribution in [3.63, 3.8) is 0 Å². The summed E-state index contributed by atoms with van der Waals surface area (Å²) in [6.45, 7) is 2.00. The van der Waals surface area contributed by atoms with Gasteiger partial charge < -0.3 is 4.74 Å². The monoisotopic (exact) mass is 420 g/mol. The molecule has 4 amide bonds. The standard InChI is InChI=1S/C9H7NO2.C8H5NO2.C4H8O.K.H/c1-10-8(11)6-4-2-3-5-7(6)9(10)12;10-7-5-3-1-2-4-6(5)8(11)9-7;1-2-4-5-3-1;;/h2-5H,1H3;1-4H,(H,9,10,11);1-4H2;;. The van der Waals surface area contributed by atoms with Crippen LogP contribution in [0.1, 0.15) is 54.3 Å². The van der Waals surface area contributed by atoms with Crippen molar-refractivity contribution in [2.45, 2.75) is 12.8 Å². The van der Waals surface area contributed by atoms with Gasteiger partial charge >= 0.3 is 51.4 Å². The second-order valence-corrected chi connectivity index (χ2v) is 6.36. The van der Waals surface area contributed by atoms with E-state index in [1.807, 2.05) is 0 Å². The zero-order valence-electron chi connectivity index (χ0n) is 15.4. The molecule has 0 aromatic heterocycles. The Balaban J connectivity index is 0.000000164. The first-order valence-electron chi connectivity index (χ1n) is 8.94. The first-order chi connectivity index (χ1) is 13.5.